The molecule has 6 nitrogen and oxygen atoms in total. The molecule has 0 radical (unpaired) electrons. The number of nitrogens with zero attached hydrogens (tertiary/aromatic N) is 2. The number of likely N-dealkylation sites (tertiary alicyclic amines) is 1. The van der Waals surface area contributed by atoms with Gasteiger partial charge in [0.1, 0.15) is 5.69 Å². The third-order valence-electron chi connectivity index (χ3n) is 4.58. The van der Waals surface area contributed by atoms with E-state index in [9.17, 15) is 9.90 Å². The highest BCUT2D eigenvalue weighted by Gasteiger charge is 2.32. The number of carbonyl (C=O) groups is 1. The zero-order valence-corrected chi connectivity index (χ0v) is 13.1. The van der Waals surface area contributed by atoms with Crippen LogP contribution in [0.15, 0.2) is 42.6 Å². The first-order valence-electron chi connectivity index (χ1n) is 8.00. The van der Waals surface area contributed by atoms with Crippen molar-refractivity contribution in [3.63, 3.8) is 0 Å². The van der Waals surface area contributed by atoms with Crippen LogP contribution in [0.2, 0.25) is 0 Å². The van der Waals surface area contributed by atoms with E-state index in [0.717, 1.165) is 11.3 Å². The summed E-state index contributed by atoms with van der Waals surface area (Å²) in [6.07, 6.45) is 1.68. The van der Waals surface area contributed by atoms with E-state index in [1.807, 2.05) is 18.2 Å². The molecule has 2 aromatic rings. The Morgan fingerprint density at radius 3 is 2.88 bits per heavy atom. The summed E-state index contributed by atoms with van der Waals surface area (Å²) >= 11 is 0. The highest BCUT2D eigenvalue weighted by molar-refractivity contribution is 5.92. The topological polar surface area (TPSA) is 71.9 Å². The van der Waals surface area contributed by atoms with Gasteiger partial charge in [-0.1, -0.05) is 12.1 Å². The maximum absolute atomic E-state index is 12.5. The SMILES string of the molecule is O=C(c1ccccn1)N1CC[C@@H](c2ccc3c(c2)OCO3)[C@H](O)C1. The molecule has 1 aromatic carbocycles. The molecule has 1 fully saturated rings. The van der Waals surface area contributed by atoms with Crippen LogP contribution < -0.4 is 9.47 Å². The fourth-order valence-corrected chi connectivity index (χ4v) is 3.30. The molecular weight excluding hydrogens is 308 g/mol. The molecule has 24 heavy (non-hydrogen) atoms. The molecule has 6 heteroatoms. The Morgan fingerprint density at radius 1 is 1.21 bits per heavy atom. The molecular formula is C18H18N2O4. The summed E-state index contributed by atoms with van der Waals surface area (Å²) in [4.78, 5) is 18.2. The first-order chi connectivity index (χ1) is 11.7. The average Bonchev–Trinajstić information content (AvgIpc) is 3.09. The molecule has 1 amide bonds. The minimum Gasteiger partial charge on any atom is -0.454 e. The lowest BCUT2D eigenvalue weighted by Crippen LogP contribution is -2.45. The predicted molar refractivity (Wildman–Crippen MR) is 86.1 cm³/mol. The van der Waals surface area contributed by atoms with E-state index in [2.05, 4.69) is 4.98 Å². The van der Waals surface area contributed by atoms with Crippen LogP contribution >= 0.6 is 0 Å². The smallest absolute Gasteiger partial charge is 0.272 e. The van der Waals surface area contributed by atoms with Gasteiger partial charge in [0, 0.05) is 25.2 Å². The van der Waals surface area contributed by atoms with Crippen molar-refractivity contribution in [1.29, 1.82) is 0 Å². The molecule has 1 N–H and O–H groups in total. The Balaban J connectivity index is 1.48. The van der Waals surface area contributed by atoms with Crippen molar-refractivity contribution < 1.29 is 19.4 Å². The van der Waals surface area contributed by atoms with Crippen LogP contribution in [-0.4, -0.2) is 46.9 Å². The Labute approximate surface area is 139 Å². The van der Waals surface area contributed by atoms with E-state index >= 15 is 0 Å². The van der Waals surface area contributed by atoms with Gasteiger partial charge >= 0.3 is 0 Å². The summed E-state index contributed by atoms with van der Waals surface area (Å²) < 4.78 is 10.7. The Hall–Kier alpha value is -2.60. The third-order valence-corrected chi connectivity index (χ3v) is 4.58. The van der Waals surface area contributed by atoms with Crippen LogP contribution in [0.3, 0.4) is 0 Å². The van der Waals surface area contributed by atoms with Crippen molar-refractivity contribution >= 4 is 5.91 Å². The van der Waals surface area contributed by atoms with Crippen molar-refractivity contribution in [2.24, 2.45) is 0 Å². The number of aliphatic hydroxyl groups is 1. The molecule has 0 unspecified atom stereocenters. The summed E-state index contributed by atoms with van der Waals surface area (Å²) in [6, 6.07) is 11.0. The number of aliphatic hydroxyl groups excluding tert-OH is 1. The van der Waals surface area contributed by atoms with Crippen LogP contribution in [-0.2, 0) is 0 Å². The van der Waals surface area contributed by atoms with Crippen molar-refractivity contribution in [3.05, 3.63) is 53.9 Å². The van der Waals surface area contributed by atoms with Gasteiger partial charge in [0.25, 0.3) is 5.91 Å². The maximum atomic E-state index is 12.5. The maximum Gasteiger partial charge on any atom is 0.272 e. The minimum absolute atomic E-state index is 0.0210. The van der Waals surface area contributed by atoms with E-state index in [4.69, 9.17) is 9.47 Å². The average molecular weight is 326 g/mol. The summed E-state index contributed by atoms with van der Waals surface area (Å²) in [5.74, 6) is 1.29. The molecule has 0 bridgehead atoms. The summed E-state index contributed by atoms with van der Waals surface area (Å²) in [7, 11) is 0. The number of carbonyl (C=O) groups excluding carboxylic acids is 1. The van der Waals surface area contributed by atoms with Crippen LogP contribution in [0, 0.1) is 0 Å². The number of aromatic nitrogens is 1. The lowest BCUT2D eigenvalue weighted by atomic mass is 9.87. The number of piperidine rings is 1. The molecule has 2 aliphatic heterocycles. The molecule has 0 saturated carbocycles. The molecule has 4 rings (SSSR count). The second-order valence-corrected chi connectivity index (χ2v) is 6.04. The Kier molecular flexibility index (Phi) is 3.82. The highest BCUT2D eigenvalue weighted by Crippen LogP contribution is 2.37. The zero-order chi connectivity index (χ0) is 16.5. The number of amides is 1. The van der Waals surface area contributed by atoms with Gasteiger partial charge in [0.2, 0.25) is 6.79 Å². The van der Waals surface area contributed by atoms with E-state index < -0.39 is 6.10 Å². The zero-order valence-electron chi connectivity index (χ0n) is 13.1. The van der Waals surface area contributed by atoms with Crippen LogP contribution in [0.1, 0.15) is 28.4 Å². The molecule has 0 aliphatic carbocycles. The summed E-state index contributed by atoms with van der Waals surface area (Å²) in [5, 5.41) is 10.6. The molecule has 1 saturated heterocycles. The van der Waals surface area contributed by atoms with Gasteiger partial charge in [-0.05, 0) is 36.2 Å². The number of hydrogen-bond donors (Lipinski definition) is 1. The van der Waals surface area contributed by atoms with Crippen LogP contribution in [0.5, 0.6) is 11.5 Å². The third kappa shape index (κ3) is 2.69. The van der Waals surface area contributed by atoms with Crippen LogP contribution in [0.25, 0.3) is 0 Å². The van der Waals surface area contributed by atoms with E-state index in [1.165, 1.54) is 0 Å². The van der Waals surface area contributed by atoms with Crippen molar-refractivity contribution in [2.75, 3.05) is 19.9 Å². The molecule has 2 atom stereocenters. The second kappa shape index (κ2) is 6.13. The first kappa shape index (κ1) is 15.0. The van der Waals surface area contributed by atoms with Crippen molar-refractivity contribution in [1.82, 2.24) is 9.88 Å². The van der Waals surface area contributed by atoms with Crippen LogP contribution in [0.4, 0.5) is 0 Å². The number of hydrogen-bond acceptors (Lipinski definition) is 5. The predicted octanol–water partition coefficient (Wildman–Crippen LogP) is 1.80. The second-order valence-electron chi connectivity index (χ2n) is 6.04. The van der Waals surface area contributed by atoms with Gasteiger partial charge in [-0.15, -0.1) is 0 Å². The van der Waals surface area contributed by atoms with E-state index in [-0.39, 0.29) is 18.6 Å². The number of β-amino-alcohol motifs (C(OH)–C–C–N with tert-alkyl or cyclic N) is 1. The van der Waals surface area contributed by atoms with Crippen molar-refractivity contribution in [2.45, 2.75) is 18.4 Å². The number of pyridine rings is 1. The standard InChI is InChI=1S/C18H18N2O4/c21-15-10-20(18(22)14-3-1-2-7-19-14)8-6-13(15)12-4-5-16-17(9-12)24-11-23-16/h1-5,7,9,13,15,21H,6,8,10-11H2/t13-,15+/m0/s1. The first-order valence-corrected chi connectivity index (χ1v) is 8.00. The Morgan fingerprint density at radius 2 is 2.08 bits per heavy atom. The van der Waals surface area contributed by atoms with E-state index in [0.29, 0.717) is 31.0 Å². The number of benzene rings is 1. The molecule has 2 aliphatic rings. The number of rotatable bonds is 2. The van der Waals surface area contributed by atoms with Gasteiger partial charge in [0.15, 0.2) is 11.5 Å². The quantitative estimate of drug-likeness (QED) is 0.911. The lowest BCUT2D eigenvalue weighted by Gasteiger charge is -2.36. The van der Waals surface area contributed by atoms with Gasteiger partial charge in [-0.25, -0.2) is 0 Å². The van der Waals surface area contributed by atoms with Crippen molar-refractivity contribution in [3.8, 4) is 11.5 Å². The molecule has 0 spiro atoms. The van der Waals surface area contributed by atoms with Gasteiger partial charge < -0.3 is 19.5 Å². The van der Waals surface area contributed by atoms with E-state index in [1.54, 1.807) is 29.3 Å². The molecule has 1 aromatic heterocycles. The fourth-order valence-electron chi connectivity index (χ4n) is 3.30. The highest BCUT2D eigenvalue weighted by atomic mass is 16.7. The lowest BCUT2D eigenvalue weighted by molar-refractivity contribution is 0.0377. The van der Waals surface area contributed by atoms with Gasteiger partial charge in [0.05, 0.1) is 6.10 Å². The minimum atomic E-state index is -0.619. The number of fused-ring (bicyclic) bond motifs is 1. The fraction of sp³-hybridized carbons (Fsp3) is 0.333. The Bertz CT molecular complexity index is 750. The summed E-state index contributed by atoms with van der Waals surface area (Å²) in [6.45, 7) is 1.12. The molecule has 3 heterocycles. The monoisotopic (exact) mass is 326 g/mol. The summed E-state index contributed by atoms with van der Waals surface area (Å²) in [5.41, 5.74) is 1.42. The van der Waals surface area contributed by atoms with Gasteiger partial charge in [-0.3, -0.25) is 9.78 Å². The van der Waals surface area contributed by atoms with Gasteiger partial charge in [-0.2, -0.15) is 0 Å². The molecule has 124 valence electrons. The normalized spacial score (nSPS) is 22.5. The largest absolute Gasteiger partial charge is 0.454 e. The number of ether oxygens (including phenoxy) is 2.